The second kappa shape index (κ2) is 56.8. The number of nitrogens with zero attached hydrogens (tertiary/aromatic N) is 5. The summed E-state index contributed by atoms with van der Waals surface area (Å²) >= 11 is 5.95. The summed E-state index contributed by atoms with van der Waals surface area (Å²) < 4.78 is 83.8. The van der Waals surface area contributed by atoms with E-state index in [1.165, 1.54) is 19.2 Å². The van der Waals surface area contributed by atoms with Gasteiger partial charge in [-0.25, -0.2) is 4.39 Å². The number of nitrogen functional groups attached to an aromatic ring is 2. The molecule has 0 unspecified atom stereocenters. The molecule has 740 valence electrons. The highest BCUT2D eigenvalue weighted by molar-refractivity contribution is 6.31. The number of carbonyl (C=O) groups excluding carboxylic acids is 10. The summed E-state index contributed by atoms with van der Waals surface area (Å²) in [5.74, 6) is -2.41. The van der Waals surface area contributed by atoms with Gasteiger partial charge in [0.15, 0.2) is 28.9 Å². The van der Waals surface area contributed by atoms with Gasteiger partial charge in [-0.3, -0.25) is 72.4 Å². The number of Topliss-reactive ketones (excluding diaryl/α,β-unsaturated/α-hetero) is 5. The maximum absolute atomic E-state index is 14.2. The van der Waals surface area contributed by atoms with Crippen molar-refractivity contribution in [1.82, 2.24) is 24.5 Å². The van der Waals surface area contributed by atoms with Crippen LogP contribution in [0.2, 0.25) is 5.02 Å². The van der Waals surface area contributed by atoms with Gasteiger partial charge in [-0.2, -0.15) is 13.2 Å². The molecule has 33 heteroatoms. The van der Waals surface area contributed by atoms with Gasteiger partial charge in [-0.05, 0) is 223 Å². The van der Waals surface area contributed by atoms with E-state index in [9.17, 15) is 65.5 Å². The molecule has 10 aromatic rings. The lowest BCUT2D eigenvalue weighted by atomic mass is 10.0. The first kappa shape index (κ1) is 107. The largest absolute Gasteiger partial charge is 0.497 e. The molecule has 0 bridgehead atoms. The summed E-state index contributed by atoms with van der Waals surface area (Å²) in [7, 11) is 1.43. The number of benzene rings is 10. The molecule has 0 aromatic heterocycles. The minimum atomic E-state index is -4.46. The third-order valence-electron chi connectivity index (χ3n) is 23.6. The van der Waals surface area contributed by atoms with Gasteiger partial charge in [-0.1, -0.05) is 84.4 Å². The van der Waals surface area contributed by atoms with Crippen molar-refractivity contribution in [3.05, 3.63) is 309 Å². The molecule has 0 spiro atoms. The lowest BCUT2D eigenvalue weighted by molar-refractivity contribution is -0.137. The van der Waals surface area contributed by atoms with E-state index in [1.54, 1.807) is 170 Å². The summed E-state index contributed by atoms with van der Waals surface area (Å²) in [6.07, 6.45) is 1.38. The van der Waals surface area contributed by atoms with Crippen LogP contribution in [0.1, 0.15) is 173 Å². The standard InChI is InChI=1S/C22H23F3N2O3.C22H25FN2O4.C21H23ClN2O3.2C21H25N3O3/c23-22(24,25)17-9-7-16(8-10-17)21(29)26-19-5-2-1-4-18(19)20(28)6-3-11-27-12-14-30-15-13-27;1-28-16-8-9-17(19(23)15-16)22(27)24-20-6-3-2-5-18(20)21(26)7-4-10-25-11-13-29-14-12-25;2*22-17-6-3-5-16(15-17)21(26)23-19-8-2-1-7-18(19)20(25)9-4-10-24-11-13-27-14-12-24;22-17-9-7-16(8-10-17)21(26)23-19-5-2-1-4-18(19)20(25)6-3-11-24-12-14-27-15-13-24/h1-2,4-5,7-10H,3,6,11-15H2,(H,26,29);2-3,5-6,8-9,15H,4,7,10-14H2,1H3,(H,24,27);1-3,5-8,15H,4,9-14H2,(H,23,26);1-3,5-8,15H,4,9-14,22H2,(H,23,26);1-2,4-5,7-10H,3,6,11-15,22H2,(H,23,26). The maximum Gasteiger partial charge on any atom is 0.416 e. The number of morpholine rings is 5. The monoisotopic (exact) mass is 1940 g/mol. The third kappa shape index (κ3) is 35.4. The number of halogens is 5. The Labute approximate surface area is 818 Å². The molecule has 28 nitrogen and oxygen atoms in total. The number of methoxy groups -OCH3 is 1. The smallest absolute Gasteiger partial charge is 0.416 e. The van der Waals surface area contributed by atoms with Gasteiger partial charge in [0.1, 0.15) is 11.6 Å². The fourth-order valence-electron chi connectivity index (χ4n) is 15.8. The zero-order valence-corrected chi connectivity index (χ0v) is 79.3. The molecule has 5 saturated heterocycles. The number of ether oxygens (including phenoxy) is 6. The lowest BCUT2D eigenvalue weighted by Gasteiger charge is -2.26. The molecule has 0 saturated carbocycles. The first-order valence-electron chi connectivity index (χ1n) is 47.0. The minimum Gasteiger partial charge on any atom is -0.497 e. The number of alkyl halides is 3. The van der Waals surface area contributed by atoms with Crippen LogP contribution < -0.4 is 42.8 Å². The van der Waals surface area contributed by atoms with E-state index < -0.39 is 29.4 Å². The van der Waals surface area contributed by atoms with E-state index >= 15 is 0 Å². The van der Waals surface area contributed by atoms with Crippen molar-refractivity contribution in [2.24, 2.45) is 0 Å². The van der Waals surface area contributed by atoms with Gasteiger partial charge < -0.3 is 66.5 Å². The maximum atomic E-state index is 14.2. The Morgan fingerprint density at radius 2 is 0.593 bits per heavy atom. The Morgan fingerprint density at radius 3 is 0.879 bits per heavy atom. The second-order valence-corrected chi connectivity index (χ2v) is 34.0. The predicted octanol–water partition coefficient (Wildman–Crippen LogP) is 17.2. The van der Waals surface area contributed by atoms with Crippen LogP contribution in [0, 0.1) is 5.82 Å². The van der Waals surface area contributed by atoms with E-state index in [0.29, 0.717) is 147 Å². The van der Waals surface area contributed by atoms with Crippen molar-refractivity contribution in [2.45, 2.75) is 70.4 Å². The summed E-state index contributed by atoms with van der Waals surface area (Å²) in [4.78, 5) is 137. The van der Waals surface area contributed by atoms with Crippen molar-refractivity contribution in [1.29, 1.82) is 0 Å². The number of rotatable bonds is 36. The fraction of sp³-hybridized carbons (Fsp3) is 0.346. The first-order chi connectivity index (χ1) is 67.8. The van der Waals surface area contributed by atoms with Crippen LogP contribution in [0.3, 0.4) is 0 Å². The van der Waals surface area contributed by atoms with Crippen molar-refractivity contribution >= 4 is 110 Å². The average Bonchev–Trinajstić information content (AvgIpc) is 0.835. The number of para-hydroxylation sites is 5. The van der Waals surface area contributed by atoms with Gasteiger partial charge in [0, 0.05) is 170 Å². The van der Waals surface area contributed by atoms with Crippen LogP contribution in [0.5, 0.6) is 5.75 Å². The van der Waals surface area contributed by atoms with Gasteiger partial charge in [0.25, 0.3) is 29.5 Å². The number of nitrogens with two attached hydrogens (primary N) is 2. The number of anilines is 7. The van der Waals surface area contributed by atoms with Crippen LogP contribution in [0.25, 0.3) is 0 Å². The molecule has 15 rings (SSSR count). The molecule has 9 N–H and O–H groups in total. The van der Waals surface area contributed by atoms with E-state index in [1.807, 2.05) is 24.3 Å². The van der Waals surface area contributed by atoms with Crippen LogP contribution in [0.4, 0.5) is 57.4 Å². The van der Waals surface area contributed by atoms with E-state index in [4.69, 9.17) is 51.5 Å². The number of hydrogen-bond acceptors (Lipinski definition) is 23. The van der Waals surface area contributed by atoms with Gasteiger partial charge >= 0.3 is 6.18 Å². The first-order valence-corrected chi connectivity index (χ1v) is 47.4. The Kier molecular flexibility index (Phi) is 43.6. The SMILES string of the molecule is COc1ccc(C(=O)Nc2ccccc2C(=O)CCCN2CCOCC2)c(F)c1.Nc1ccc(C(=O)Nc2ccccc2C(=O)CCCN2CCOCC2)cc1.Nc1cccc(C(=O)Nc2ccccc2C(=O)CCCN2CCOCC2)c1.O=C(Nc1ccccc1C(=O)CCCN1CCOCC1)c1ccc(C(F)(F)F)cc1.O=C(Nc1ccccc1C(=O)CCCN1CCOCC1)c1cccc(Cl)c1. The molecule has 0 aliphatic carbocycles. The van der Waals surface area contributed by atoms with Crippen LogP contribution >= 0.6 is 11.6 Å². The zero-order valence-electron chi connectivity index (χ0n) is 78.6. The zero-order chi connectivity index (χ0) is 99.4. The number of ketones is 5. The van der Waals surface area contributed by atoms with Crippen molar-refractivity contribution < 1.29 is 93.9 Å². The van der Waals surface area contributed by atoms with Gasteiger partial charge in [-0.15, -0.1) is 0 Å². The highest BCUT2D eigenvalue weighted by Gasteiger charge is 2.31. The predicted molar refractivity (Wildman–Crippen MR) is 534 cm³/mol. The lowest BCUT2D eigenvalue weighted by Crippen LogP contribution is -2.36. The van der Waals surface area contributed by atoms with Gasteiger partial charge in [0.05, 0.1) is 113 Å². The van der Waals surface area contributed by atoms with E-state index in [2.05, 4.69) is 51.1 Å². The molecule has 5 heterocycles. The van der Waals surface area contributed by atoms with E-state index in [-0.39, 0.29) is 57.8 Å². The Bertz CT molecular complexity index is 5620. The third-order valence-corrected chi connectivity index (χ3v) is 23.8. The number of hydrogen-bond donors (Lipinski definition) is 7. The van der Waals surface area contributed by atoms with Crippen molar-refractivity contribution in [2.75, 3.05) is 209 Å². The minimum absolute atomic E-state index is 0.0326. The normalized spacial score (nSPS) is 14.7. The van der Waals surface area contributed by atoms with Crippen LogP contribution in [-0.2, 0) is 29.9 Å². The molecule has 0 radical (unpaired) electrons. The Balaban J connectivity index is 0.000000168. The molecule has 140 heavy (non-hydrogen) atoms. The highest BCUT2D eigenvalue weighted by atomic mass is 35.5. The van der Waals surface area contributed by atoms with E-state index in [0.717, 1.165) is 207 Å². The summed E-state index contributed by atoms with van der Waals surface area (Å²) in [5.41, 5.74) is 17.8. The number of nitrogens with one attached hydrogen (secondary N) is 5. The summed E-state index contributed by atoms with van der Waals surface area (Å²) in [6.45, 7) is 20.7. The molecule has 0 atom stereocenters. The topological polar surface area (TPSA) is 354 Å². The fourth-order valence-corrected chi connectivity index (χ4v) is 16.0. The molecule has 5 amide bonds. The van der Waals surface area contributed by atoms with Crippen molar-refractivity contribution in [3.63, 3.8) is 0 Å². The quantitative estimate of drug-likeness (QED) is 0.0109. The summed E-state index contributed by atoms with van der Waals surface area (Å²) in [6, 6.07) is 63.0. The molecule has 5 fully saturated rings. The van der Waals surface area contributed by atoms with Crippen molar-refractivity contribution in [3.8, 4) is 5.75 Å². The highest BCUT2D eigenvalue weighted by Crippen LogP contribution is 2.31. The Hall–Kier alpha value is -13.1. The van der Waals surface area contributed by atoms with Crippen LogP contribution in [0.15, 0.2) is 237 Å². The average molecular weight is 1940 g/mol. The number of carbonyl (C=O) groups is 10. The van der Waals surface area contributed by atoms with Crippen LogP contribution in [-0.4, -0.2) is 254 Å². The van der Waals surface area contributed by atoms with Gasteiger partial charge in [0.2, 0.25) is 0 Å². The molecule has 10 aromatic carbocycles. The molecule has 5 aliphatic heterocycles. The molecular weight excluding hydrogens is 1820 g/mol. The number of amides is 5. The molecule has 5 aliphatic rings. The second-order valence-electron chi connectivity index (χ2n) is 33.6. The summed E-state index contributed by atoms with van der Waals surface area (Å²) in [5, 5.41) is 14.3. The molecular formula is C107H121ClF4N12O16. The Morgan fingerprint density at radius 1 is 0.314 bits per heavy atom.